The van der Waals surface area contributed by atoms with Crippen molar-refractivity contribution in [2.24, 2.45) is 0 Å². The highest BCUT2D eigenvalue weighted by atomic mass is 79.9. The van der Waals surface area contributed by atoms with Crippen LogP contribution in [-0.4, -0.2) is 19.5 Å². The summed E-state index contributed by atoms with van der Waals surface area (Å²) in [4.78, 5) is 13.6. The SMILES string of the molecule is C[NH+](CC(=O)N[C@H]1CCCc2ccccc21)Cc1ccc(Br)cc1. The second-order valence-electron chi connectivity index (χ2n) is 6.65. The van der Waals surface area contributed by atoms with Gasteiger partial charge < -0.3 is 10.2 Å². The molecule has 0 aromatic heterocycles. The minimum absolute atomic E-state index is 0.131. The number of halogens is 1. The molecule has 1 aliphatic carbocycles. The van der Waals surface area contributed by atoms with E-state index in [0.29, 0.717) is 6.54 Å². The molecule has 0 saturated carbocycles. The van der Waals surface area contributed by atoms with Crippen LogP contribution in [0.15, 0.2) is 53.0 Å². The van der Waals surface area contributed by atoms with Crippen molar-refractivity contribution in [3.63, 3.8) is 0 Å². The molecule has 1 aliphatic rings. The lowest BCUT2D eigenvalue weighted by molar-refractivity contribution is -0.885. The molecule has 4 heteroatoms. The maximum atomic E-state index is 12.4. The summed E-state index contributed by atoms with van der Waals surface area (Å²) in [7, 11) is 2.07. The van der Waals surface area contributed by atoms with Gasteiger partial charge in [0.2, 0.25) is 0 Å². The van der Waals surface area contributed by atoms with Gasteiger partial charge in [-0.1, -0.05) is 52.3 Å². The summed E-state index contributed by atoms with van der Waals surface area (Å²) in [5.41, 5.74) is 3.92. The third-order valence-electron chi connectivity index (χ3n) is 4.59. The molecule has 2 atom stereocenters. The van der Waals surface area contributed by atoms with Crippen molar-refractivity contribution in [3.8, 4) is 0 Å². The highest BCUT2D eigenvalue weighted by molar-refractivity contribution is 9.10. The molecular formula is C20H24BrN2O+. The number of likely N-dealkylation sites (N-methyl/N-ethyl adjacent to an activating group) is 1. The Kier molecular flexibility index (Phi) is 5.69. The van der Waals surface area contributed by atoms with Crippen molar-refractivity contribution in [2.75, 3.05) is 13.6 Å². The van der Waals surface area contributed by atoms with Crippen LogP contribution in [0.4, 0.5) is 0 Å². The van der Waals surface area contributed by atoms with Crippen LogP contribution in [0.1, 0.15) is 35.6 Å². The van der Waals surface area contributed by atoms with Gasteiger partial charge in [0.1, 0.15) is 6.54 Å². The van der Waals surface area contributed by atoms with E-state index >= 15 is 0 Å². The van der Waals surface area contributed by atoms with E-state index in [4.69, 9.17) is 0 Å². The van der Waals surface area contributed by atoms with Gasteiger partial charge in [-0.25, -0.2) is 0 Å². The lowest BCUT2D eigenvalue weighted by Gasteiger charge is -2.26. The van der Waals surface area contributed by atoms with E-state index in [0.717, 1.165) is 30.3 Å². The molecule has 3 nitrogen and oxygen atoms in total. The molecular weight excluding hydrogens is 364 g/mol. The molecule has 0 aliphatic heterocycles. The number of aryl methyl sites for hydroxylation is 1. The lowest BCUT2D eigenvalue weighted by Crippen LogP contribution is -3.08. The molecule has 2 aromatic rings. The first-order valence-corrected chi connectivity index (χ1v) is 9.34. The van der Waals surface area contributed by atoms with Gasteiger partial charge in [0, 0.05) is 10.0 Å². The molecule has 3 rings (SSSR count). The molecule has 1 unspecified atom stereocenters. The Morgan fingerprint density at radius 2 is 1.96 bits per heavy atom. The summed E-state index contributed by atoms with van der Waals surface area (Å²) in [6.07, 6.45) is 3.30. The molecule has 0 bridgehead atoms. The van der Waals surface area contributed by atoms with E-state index in [1.165, 1.54) is 21.6 Å². The smallest absolute Gasteiger partial charge is 0.275 e. The minimum Gasteiger partial charge on any atom is -0.344 e. The van der Waals surface area contributed by atoms with Crippen LogP contribution in [0.25, 0.3) is 0 Å². The zero-order chi connectivity index (χ0) is 16.9. The second-order valence-corrected chi connectivity index (χ2v) is 7.56. The van der Waals surface area contributed by atoms with Gasteiger partial charge in [0.05, 0.1) is 13.1 Å². The molecule has 0 heterocycles. The van der Waals surface area contributed by atoms with E-state index in [1.807, 2.05) is 12.1 Å². The molecule has 2 N–H and O–H groups in total. The number of fused-ring (bicyclic) bond motifs is 1. The number of hydrogen-bond donors (Lipinski definition) is 2. The van der Waals surface area contributed by atoms with E-state index in [9.17, 15) is 4.79 Å². The Balaban J connectivity index is 1.55. The largest absolute Gasteiger partial charge is 0.344 e. The third-order valence-corrected chi connectivity index (χ3v) is 5.11. The van der Waals surface area contributed by atoms with Crippen molar-refractivity contribution < 1.29 is 9.69 Å². The predicted molar refractivity (Wildman–Crippen MR) is 99.9 cm³/mol. The number of rotatable bonds is 5. The molecule has 1 amide bonds. The Labute approximate surface area is 152 Å². The summed E-state index contributed by atoms with van der Waals surface area (Å²) < 4.78 is 1.08. The molecule has 24 heavy (non-hydrogen) atoms. The minimum atomic E-state index is 0.131. The van der Waals surface area contributed by atoms with Crippen LogP contribution in [0.5, 0.6) is 0 Å². The number of hydrogen-bond acceptors (Lipinski definition) is 1. The quantitative estimate of drug-likeness (QED) is 0.812. The Morgan fingerprint density at radius 3 is 2.75 bits per heavy atom. The maximum absolute atomic E-state index is 12.4. The van der Waals surface area contributed by atoms with Crippen LogP contribution in [0.2, 0.25) is 0 Å². The summed E-state index contributed by atoms with van der Waals surface area (Å²) in [5.74, 6) is 0.131. The normalized spacial score (nSPS) is 17.8. The topological polar surface area (TPSA) is 33.5 Å². The summed E-state index contributed by atoms with van der Waals surface area (Å²) >= 11 is 3.45. The number of benzene rings is 2. The zero-order valence-electron chi connectivity index (χ0n) is 14.0. The maximum Gasteiger partial charge on any atom is 0.275 e. The van der Waals surface area contributed by atoms with E-state index in [1.54, 1.807) is 0 Å². The molecule has 2 aromatic carbocycles. The first kappa shape index (κ1) is 17.2. The average molecular weight is 388 g/mol. The van der Waals surface area contributed by atoms with Crippen LogP contribution in [-0.2, 0) is 17.8 Å². The van der Waals surface area contributed by atoms with Gasteiger partial charge >= 0.3 is 0 Å². The summed E-state index contributed by atoms with van der Waals surface area (Å²) in [6.45, 7) is 1.34. The third kappa shape index (κ3) is 4.46. The Bertz CT molecular complexity index is 699. The van der Waals surface area contributed by atoms with Gasteiger partial charge in [-0.3, -0.25) is 4.79 Å². The standard InChI is InChI=1S/C20H23BrN2O/c1-23(13-15-9-11-17(21)12-10-15)14-20(24)22-19-8-4-6-16-5-2-3-7-18(16)19/h2-3,5,7,9-12,19H,4,6,8,13-14H2,1H3,(H,22,24)/p+1/t19-/m0/s1. The molecule has 0 fully saturated rings. The average Bonchev–Trinajstić information content (AvgIpc) is 2.57. The fourth-order valence-corrected chi connectivity index (χ4v) is 3.70. The highest BCUT2D eigenvalue weighted by Crippen LogP contribution is 2.29. The first-order valence-electron chi connectivity index (χ1n) is 8.55. The Morgan fingerprint density at radius 1 is 1.21 bits per heavy atom. The lowest BCUT2D eigenvalue weighted by atomic mass is 9.88. The monoisotopic (exact) mass is 387 g/mol. The van der Waals surface area contributed by atoms with E-state index in [2.05, 4.69) is 64.7 Å². The first-order chi connectivity index (χ1) is 11.6. The second kappa shape index (κ2) is 7.95. The number of amides is 1. The van der Waals surface area contributed by atoms with Crippen LogP contribution >= 0.6 is 15.9 Å². The van der Waals surface area contributed by atoms with Crippen molar-refractivity contribution in [1.29, 1.82) is 0 Å². The van der Waals surface area contributed by atoms with E-state index in [-0.39, 0.29) is 11.9 Å². The number of quaternary nitrogens is 1. The van der Waals surface area contributed by atoms with Gasteiger partial charge in [-0.15, -0.1) is 0 Å². The van der Waals surface area contributed by atoms with Crippen LogP contribution in [0.3, 0.4) is 0 Å². The van der Waals surface area contributed by atoms with Gasteiger partial charge in [0.25, 0.3) is 5.91 Å². The van der Waals surface area contributed by atoms with E-state index < -0.39 is 0 Å². The molecule has 0 radical (unpaired) electrons. The van der Waals surface area contributed by atoms with Crippen molar-refractivity contribution in [3.05, 3.63) is 69.7 Å². The van der Waals surface area contributed by atoms with Gasteiger partial charge in [0.15, 0.2) is 6.54 Å². The number of carbonyl (C=O) groups excluding carboxylic acids is 1. The zero-order valence-corrected chi connectivity index (χ0v) is 15.6. The number of nitrogens with one attached hydrogen (secondary N) is 2. The summed E-state index contributed by atoms with van der Waals surface area (Å²) in [6, 6.07) is 16.9. The molecule has 0 saturated heterocycles. The van der Waals surface area contributed by atoms with Crippen molar-refractivity contribution >= 4 is 21.8 Å². The van der Waals surface area contributed by atoms with Crippen LogP contribution in [0, 0.1) is 0 Å². The van der Waals surface area contributed by atoms with Crippen molar-refractivity contribution in [1.82, 2.24) is 5.32 Å². The predicted octanol–water partition coefficient (Wildman–Crippen LogP) is 2.66. The summed E-state index contributed by atoms with van der Waals surface area (Å²) in [5, 5.41) is 3.23. The molecule has 126 valence electrons. The molecule has 0 spiro atoms. The van der Waals surface area contributed by atoms with Gasteiger partial charge in [-0.05, 0) is 42.5 Å². The fourth-order valence-electron chi connectivity index (χ4n) is 3.44. The highest BCUT2D eigenvalue weighted by Gasteiger charge is 2.22. The van der Waals surface area contributed by atoms with Crippen molar-refractivity contribution in [2.45, 2.75) is 31.8 Å². The fraction of sp³-hybridized carbons (Fsp3) is 0.350. The van der Waals surface area contributed by atoms with Gasteiger partial charge in [-0.2, -0.15) is 0 Å². The number of carbonyl (C=O) groups is 1. The van der Waals surface area contributed by atoms with Crippen LogP contribution < -0.4 is 10.2 Å². The Hall–Kier alpha value is -1.65.